The van der Waals surface area contributed by atoms with Gasteiger partial charge in [-0.1, -0.05) is 88.4 Å². The number of rotatable bonds is 2. The SMILES string of the molecule is CC1(C)c2cc3c(cc2-c2c1cc(-c1ccc(C#N)cc1)c1c2oc2ccccc21)C(C)(C)c1cc(-c2ccc(C#N)cc2)c2c(oc4ccccc42)c1-3. The van der Waals surface area contributed by atoms with Crippen LogP contribution in [0.1, 0.15) is 61.1 Å². The van der Waals surface area contributed by atoms with E-state index in [4.69, 9.17) is 8.83 Å². The van der Waals surface area contributed by atoms with E-state index in [0.29, 0.717) is 11.1 Å². The molecule has 0 atom stereocenters. The molecule has 2 aromatic heterocycles. The van der Waals surface area contributed by atoms with Gasteiger partial charge in [-0.2, -0.15) is 10.5 Å². The summed E-state index contributed by atoms with van der Waals surface area (Å²) in [6, 6.07) is 46.5. The standard InChI is InChI=1S/C50H32N2O2/c1-49(2)37-23-36-38(24-35(37)45-39(49)21-33(29-17-13-27(25-51)14-18-29)43-31-9-5-7-11-41(31)53-47(43)45)50(3,4)40-22-34(30-19-15-28(26-52)16-20-30)44-32-10-6-8-12-42(32)54-48(44)46(36)40/h5-24H,1-4H3. The maximum Gasteiger partial charge on any atom is 0.144 e. The van der Waals surface area contributed by atoms with E-state index in [0.717, 1.165) is 77.3 Å². The van der Waals surface area contributed by atoms with Gasteiger partial charge in [0.1, 0.15) is 22.3 Å². The number of nitriles is 2. The van der Waals surface area contributed by atoms with Crippen LogP contribution < -0.4 is 0 Å². The second kappa shape index (κ2) is 10.4. The molecule has 7 aromatic carbocycles. The van der Waals surface area contributed by atoms with E-state index in [9.17, 15) is 10.5 Å². The fourth-order valence-electron chi connectivity index (χ4n) is 9.56. The summed E-state index contributed by atoms with van der Waals surface area (Å²) < 4.78 is 13.7. The lowest BCUT2D eigenvalue weighted by molar-refractivity contribution is 0.648. The highest BCUT2D eigenvalue weighted by atomic mass is 16.3. The van der Waals surface area contributed by atoms with Gasteiger partial charge in [0.05, 0.1) is 23.3 Å². The number of benzene rings is 7. The van der Waals surface area contributed by atoms with Crippen LogP contribution in [-0.2, 0) is 10.8 Å². The van der Waals surface area contributed by atoms with Crippen LogP contribution in [-0.4, -0.2) is 0 Å². The van der Waals surface area contributed by atoms with Gasteiger partial charge in [0.15, 0.2) is 0 Å². The molecule has 0 fully saturated rings. The highest BCUT2D eigenvalue weighted by molar-refractivity contribution is 6.20. The number of fused-ring (bicyclic) bond motifs is 14. The van der Waals surface area contributed by atoms with Crippen molar-refractivity contribution in [3.05, 3.63) is 155 Å². The molecule has 0 unspecified atom stereocenters. The van der Waals surface area contributed by atoms with Gasteiger partial charge in [0.2, 0.25) is 0 Å². The van der Waals surface area contributed by atoms with Crippen molar-refractivity contribution in [1.29, 1.82) is 10.5 Å². The van der Waals surface area contributed by atoms with Crippen LogP contribution in [0.4, 0.5) is 0 Å². The van der Waals surface area contributed by atoms with E-state index >= 15 is 0 Å². The summed E-state index contributed by atoms with van der Waals surface area (Å²) in [6.07, 6.45) is 0. The lowest BCUT2D eigenvalue weighted by atomic mass is 9.78. The monoisotopic (exact) mass is 692 g/mol. The summed E-state index contributed by atoms with van der Waals surface area (Å²) in [4.78, 5) is 0. The molecule has 0 radical (unpaired) electrons. The Kier molecular flexibility index (Phi) is 5.90. The average molecular weight is 693 g/mol. The summed E-state index contributed by atoms with van der Waals surface area (Å²) in [5.41, 5.74) is 18.2. The Morgan fingerprint density at radius 1 is 0.444 bits per heavy atom. The molecule has 0 saturated heterocycles. The number of para-hydroxylation sites is 2. The van der Waals surface area contributed by atoms with E-state index in [-0.39, 0.29) is 10.8 Å². The van der Waals surface area contributed by atoms with Gasteiger partial charge in [0, 0.05) is 43.5 Å². The molecule has 4 nitrogen and oxygen atoms in total. The summed E-state index contributed by atoms with van der Waals surface area (Å²) in [7, 11) is 0. The van der Waals surface area contributed by atoms with E-state index in [1.165, 1.54) is 33.4 Å². The van der Waals surface area contributed by atoms with Crippen LogP contribution in [0, 0.1) is 22.7 Å². The third-order valence-electron chi connectivity index (χ3n) is 12.3. The smallest absolute Gasteiger partial charge is 0.144 e. The summed E-state index contributed by atoms with van der Waals surface area (Å²) in [6.45, 7) is 9.31. The van der Waals surface area contributed by atoms with Gasteiger partial charge in [-0.25, -0.2) is 0 Å². The first-order valence-corrected chi connectivity index (χ1v) is 18.4. The first kappa shape index (κ1) is 30.7. The zero-order chi connectivity index (χ0) is 36.7. The molecular weight excluding hydrogens is 661 g/mol. The molecule has 254 valence electrons. The quantitative estimate of drug-likeness (QED) is 0.181. The normalized spacial score (nSPS) is 14.6. The van der Waals surface area contributed by atoms with Crippen molar-refractivity contribution < 1.29 is 8.83 Å². The van der Waals surface area contributed by atoms with Crippen LogP contribution in [0.2, 0.25) is 0 Å². The van der Waals surface area contributed by atoms with E-state index in [2.05, 4.69) is 125 Å². The van der Waals surface area contributed by atoms with Crippen molar-refractivity contribution in [3.8, 4) is 56.6 Å². The molecule has 0 saturated carbocycles. The largest absolute Gasteiger partial charge is 0.455 e. The summed E-state index contributed by atoms with van der Waals surface area (Å²) in [5.74, 6) is 0. The topological polar surface area (TPSA) is 73.9 Å². The highest BCUT2D eigenvalue weighted by Gasteiger charge is 2.45. The van der Waals surface area contributed by atoms with E-state index in [1.807, 2.05) is 36.4 Å². The third kappa shape index (κ3) is 3.85. The molecule has 54 heavy (non-hydrogen) atoms. The van der Waals surface area contributed by atoms with Gasteiger partial charge in [-0.15, -0.1) is 0 Å². The Balaban J connectivity index is 1.21. The van der Waals surface area contributed by atoms with E-state index in [1.54, 1.807) is 0 Å². The fourth-order valence-corrected chi connectivity index (χ4v) is 9.56. The number of hydrogen-bond acceptors (Lipinski definition) is 4. The minimum atomic E-state index is -0.337. The van der Waals surface area contributed by atoms with Crippen molar-refractivity contribution in [2.75, 3.05) is 0 Å². The van der Waals surface area contributed by atoms with Crippen LogP contribution in [0.5, 0.6) is 0 Å². The Hall–Kier alpha value is -6.88. The number of furan rings is 2. The zero-order valence-corrected chi connectivity index (χ0v) is 30.3. The maximum atomic E-state index is 9.54. The van der Waals surface area contributed by atoms with Crippen LogP contribution >= 0.6 is 0 Å². The average Bonchev–Trinajstić information content (AvgIpc) is 3.90. The fraction of sp³-hybridized carbons (Fsp3) is 0.120. The van der Waals surface area contributed by atoms with Crippen molar-refractivity contribution in [1.82, 2.24) is 0 Å². The van der Waals surface area contributed by atoms with Gasteiger partial charge in [-0.05, 0) is 116 Å². The van der Waals surface area contributed by atoms with Gasteiger partial charge < -0.3 is 8.83 Å². The van der Waals surface area contributed by atoms with Crippen LogP contribution in [0.3, 0.4) is 0 Å². The zero-order valence-electron chi connectivity index (χ0n) is 30.3. The third-order valence-corrected chi connectivity index (χ3v) is 12.3. The van der Waals surface area contributed by atoms with Crippen molar-refractivity contribution >= 4 is 43.9 Å². The van der Waals surface area contributed by atoms with Crippen LogP contribution in [0.15, 0.2) is 130 Å². The van der Waals surface area contributed by atoms with Gasteiger partial charge in [0.25, 0.3) is 0 Å². The first-order chi connectivity index (χ1) is 26.2. The summed E-state index contributed by atoms with van der Waals surface area (Å²) >= 11 is 0. The molecular formula is C50H32N2O2. The second-order valence-electron chi connectivity index (χ2n) is 15.9. The van der Waals surface area contributed by atoms with Crippen molar-refractivity contribution in [3.63, 3.8) is 0 Å². The van der Waals surface area contributed by atoms with Crippen molar-refractivity contribution in [2.45, 2.75) is 38.5 Å². The van der Waals surface area contributed by atoms with Crippen LogP contribution in [0.25, 0.3) is 88.4 Å². The minimum absolute atomic E-state index is 0.337. The Bertz CT molecular complexity index is 2990. The molecule has 11 rings (SSSR count). The molecule has 0 aliphatic heterocycles. The molecule has 2 heterocycles. The second-order valence-corrected chi connectivity index (χ2v) is 15.9. The first-order valence-electron chi connectivity index (χ1n) is 18.4. The predicted octanol–water partition coefficient (Wildman–Crippen LogP) is 13.2. The molecule has 2 aliphatic rings. The lowest BCUT2D eigenvalue weighted by Gasteiger charge is -2.24. The molecule has 2 aliphatic carbocycles. The molecule has 9 aromatic rings. The molecule has 4 heteroatoms. The Labute approximate surface area is 312 Å². The maximum absolute atomic E-state index is 9.54. The van der Waals surface area contributed by atoms with E-state index < -0.39 is 0 Å². The predicted molar refractivity (Wildman–Crippen MR) is 216 cm³/mol. The number of hydrogen-bond donors (Lipinski definition) is 0. The van der Waals surface area contributed by atoms with Gasteiger partial charge in [-0.3, -0.25) is 0 Å². The van der Waals surface area contributed by atoms with Crippen molar-refractivity contribution in [2.24, 2.45) is 0 Å². The molecule has 0 amide bonds. The summed E-state index contributed by atoms with van der Waals surface area (Å²) in [5, 5.41) is 23.4. The highest BCUT2D eigenvalue weighted by Crippen LogP contribution is 2.61. The molecule has 0 spiro atoms. The van der Waals surface area contributed by atoms with Gasteiger partial charge >= 0.3 is 0 Å². The lowest BCUT2D eigenvalue weighted by Crippen LogP contribution is -2.17. The molecule has 0 bridgehead atoms. The Morgan fingerprint density at radius 3 is 1.20 bits per heavy atom. The minimum Gasteiger partial charge on any atom is -0.455 e. The molecule has 0 N–H and O–H groups in total. The Morgan fingerprint density at radius 2 is 0.815 bits per heavy atom. The number of nitrogens with zero attached hydrogens (tertiary/aromatic N) is 2.